The minimum absolute atomic E-state index is 0.0372. The Hall–Kier alpha value is -5.86. The fourth-order valence-corrected chi connectivity index (χ4v) is 5.22. The van der Waals surface area contributed by atoms with Gasteiger partial charge in [-0.2, -0.15) is 87.8 Å². The molecule has 2 atom stereocenters. The van der Waals surface area contributed by atoms with E-state index in [9.17, 15) is 133 Å². The largest absolute Gasteiger partial charge is 0.743 e. The third kappa shape index (κ3) is 15.8. The minimum Gasteiger partial charge on any atom is -0.743 e. The topological polar surface area (TPSA) is 238 Å². The summed E-state index contributed by atoms with van der Waals surface area (Å²) >= 11 is 0. The van der Waals surface area contributed by atoms with E-state index in [1.165, 1.54) is 37.3 Å². The molecule has 0 N–H and O–H groups in total. The number of carbonyl (C=O) groups excluding carboxylic acids is 4. The molecular weight excluding hydrogens is 1130 g/mol. The first-order valence-electron chi connectivity index (χ1n) is 18.2. The van der Waals surface area contributed by atoms with Crippen molar-refractivity contribution < 1.29 is 161 Å². The van der Waals surface area contributed by atoms with Gasteiger partial charge in [0.25, 0.3) is 0 Å². The molecule has 2 unspecified atom stereocenters. The number of rotatable bonds is 21. The van der Waals surface area contributed by atoms with E-state index in [1.54, 1.807) is 0 Å². The highest BCUT2D eigenvalue weighted by Gasteiger charge is 2.71. The summed E-state index contributed by atoms with van der Waals surface area (Å²) in [5.41, 5.74) is -4.84. The van der Waals surface area contributed by atoms with Crippen molar-refractivity contribution >= 4 is 44.1 Å². The van der Waals surface area contributed by atoms with Crippen molar-refractivity contribution in [3.63, 3.8) is 0 Å². The van der Waals surface area contributed by atoms with Crippen molar-refractivity contribution in [1.82, 2.24) is 0 Å². The minimum atomic E-state index is -7.09. The van der Waals surface area contributed by atoms with Crippen LogP contribution in [-0.4, -0.2) is 122 Å². The summed E-state index contributed by atoms with van der Waals surface area (Å²) in [6, 6.07) is 10.4. The molecule has 74 heavy (non-hydrogen) atoms. The number of carbonyl (C=O) groups is 4. The maximum atomic E-state index is 13.9. The van der Waals surface area contributed by atoms with Gasteiger partial charge in [-0.15, -0.1) is 0 Å². The standard InChI is InChI=1S/2C18H14F10O8S/c1-9-3-5-11(6-4-9)35-13(30)15(17(24,25)26,36-12(29)10(2)16(21,22)23)34-8-7-14(19,20)18(27,28)37(31,32)33;1-10(16(21,22)23)12(29)36-15(17(24,25)26,13(30)34-9-11-5-3-2-4-6-11)35-8-7-14(19,20)18(27,28)37(31,32)33/h3-6H,2,7-8H2,1H3,(H,31,32,33);2-6H,1,7-9H2,(H,31,32,33)/p-2. The predicted octanol–water partition coefficient (Wildman–Crippen LogP) is 7.83. The van der Waals surface area contributed by atoms with Gasteiger partial charge in [0.1, 0.15) is 23.5 Å². The molecular formula is C36H26F20O16S2-2. The molecule has 0 saturated carbocycles. The number of ether oxygens (including phenoxy) is 6. The first kappa shape index (κ1) is 66.2. The molecule has 2 aromatic rings. The Morgan fingerprint density at radius 2 is 0.865 bits per heavy atom. The zero-order valence-corrected chi connectivity index (χ0v) is 37.2. The Labute approximate surface area is 399 Å². The molecule has 2 aromatic carbocycles. The molecule has 2 rings (SSSR count). The van der Waals surface area contributed by atoms with Gasteiger partial charge in [0, 0.05) is 12.8 Å². The molecule has 38 heteroatoms. The zero-order chi connectivity index (χ0) is 58.3. The second-order valence-corrected chi connectivity index (χ2v) is 16.6. The van der Waals surface area contributed by atoms with E-state index in [2.05, 4.69) is 41.6 Å². The first-order chi connectivity index (χ1) is 32.9. The van der Waals surface area contributed by atoms with Gasteiger partial charge in [-0.3, -0.25) is 0 Å². The molecule has 0 aliphatic heterocycles. The van der Waals surface area contributed by atoms with Gasteiger partial charge in [-0.05, 0) is 24.6 Å². The summed E-state index contributed by atoms with van der Waals surface area (Å²) in [5.74, 6) is -34.9. The summed E-state index contributed by atoms with van der Waals surface area (Å²) in [7, 11) is -14.2. The van der Waals surface area contributed by atoms with Crippen LogP contribution in [0.15, 0.2) is 78.9 Å². The van der Waals surface area contributed by atoms with Crippen molar-refractivity contribution in [2.45, 2.75) is 85.0 Å². The second kappa shape index (κ2) is 22.9. The van der Waals surface area contributed by atoms with Gasteiger partial charge in [0.05, 0.1) is 13.2 Å². The summed E-state index contributed by atoms with van der Waals surface area (Å²) < 4.78 is 352. The average molecular weight is 1160 g/mol. The van der Waals surface area contributed by atoms with Crippen LogP contribution in [0.5, 0.6) is 5.75 Å². The number of benzene rings is 2. The molecule has 420 valence electrons. The number of aryl methyl sites for hydroxylation is 1. The Bertz CT molecular complexity index is 2580. The third-order valence-corrected chi connectivity index (χ3v) is 10.2. The normalized spacial score (nSPS) is 15.0. The number of halogens is 20. The lowest BCUT2D eigenvalue weighted by Crippen LogP contribution is -2.60. The second-order valence-electron chi connectivity index (χ2n) is 13.8. The van der Waals surface area contributed by atoms with Crippen LogP contribution in [0, 0.1) is 6.92 Å². The van der Waals surface area contributed by atoms with Gasteiger partial charge in [0.15, 0.2) is 20.2 Å². The molecule has 0 aliphatic carbocycles. The Morgan fingerprint density at radius 1 is 0.527 bits per heavy atom. The Balaban J connectivity index is 0.000000740. The maximum Gasteiger partial charge on any atom is 0.468 e. The number of hydrogen-bond donors (Lipinski definition) is 0. The molecule has 0 amide bonds. The van der Waals surface area contributed by atoms with E-state index >= 15 is 0 Å². The first-order valence-corrected chi connectivity index (χ1v) is 21.0. The van der Waals surface area contributed by atoms with Crippen LogP contribution >= 0.6 is 0 Å². The van der Waals surface area contributed by atoms with E-state index in [0.29, 0.717) is 5.56 Å². The van der Waals surface area contributed by atoms with Crippen molar-refractivity contribution in [2.75, 3.05) is 13.2 Å². The highest BCUT2D eigenvalue weighted by atomic mass is 32.2. The lowest BCUT2D eigenvalue weighted by Gasteiger charge is -2.34. The van der Waals surface area contributed by atoms with Crippen LogP contribution in [0.25, 0.3) is 0 Å². The highest BCUT2D eigenvalue weighted by Crippen LogP contribution is 2.45. The quantitative estimate of drug-likeness (QED) is 0.0220. The molecule has 0 bridgehead atoms. The molecule has 0 spiro atoms. The number of hydrogen-bond acceptors (Lipinski definition) is 16. The number of esters is 4. The zero-order valence-electron chi connectivity index (χ0n) is 35.6. The van der Waals surface area contributed by atoms with Crippen molar-refractivity contribution in [3.05, 3.63) is 90.0 Å². The van der Waals surface area contributed by atoms with Gasteiger partial charge in [0.2, 0.25) is 0 Å². The highest BCUT2D eigenvalue weighted by molar-refractivity contribution is 7.87. The summed E-state index contributed by atoms with van der Waals surface area (Å²) in [5, 5.41) is -12.8. The van der Waals surface area contributed by atoms with Gasteiger partial charge >= 0.3 is 82.5 Å². The monoisotopic (exact) mass is 1160 g/mol. The SMILES string of the molecule is C=C(C(=O)OC(OCCC(F)(F)C(F)(F)S(=O)(=O)[O-])(C(=O)OCc1ccccc1)C(F)(F)F)C(F)(F)F.C=C(C(=O)OC(OCCC(F)(F)C(F)(F)S(=O)(=O)[O-])(C(=O)Oc1ccc(C)cc1)C(F)(F)F)C(F)(F)F. The van der Waals surface area contributed by atoms with E-state index in [0.717, 1.165) is 24.3 Å². The van der Waals surface area contributed by atoms with Crippen LogP contribution in [0.3, 0.4) is 0 Å². The van der Waals surface area contributed by atoms with E-state index in [1.807, 2.05) is 0 Å². The van der Waals surface area contributed by atoms with Crippen molar-refractivity contribution in [2.24, 2.45) is 0 Å². The summed E-state index contributed by atoms with van der Waals surface area (Å²) in [4.78, 5) is 48.0. The van der Waals surface area contributed by atoms with E-state index in [4.69, 9.17) is 0 Å². The maximum absolute atomic E-state index is 13.9. The predicted molar refractivity (Wildman–Crippen MR) is 194 cm³/mol. The molecule has 0 aromatic heterocycles. The molecule has 0 radical (unpaired) electrons. The molecule has 0 heterocycles. The van der Waals surface area contributed by atoms with E-state index in [-0.39, 0.29) is 5.56 Å². The third-order valence-electron chi connectivity index (χ3n) is 8.30. The van der Waals surface area contributed by atoms with E-state index < -0.39 is 152 Å². The lowest BCUT2D eigenvalue weighted by atomic mass is 10.2. The summed E-state index contributed by atoms with van der Waals surface area (Å²) in [6.07, 6.45) is -29.7. The van der Waals surface area contributed by atoms with Crippen molar-refractivity contribution in [3.8, 4) is 5.75 Å². The van der Waals surface area contributed by atoms with Crippen LogP contribution in [0.4, 0.5) is 87.8 Å². The molecule has 0 saturated heterocycles. The molecule has 0 fully saturated rings. The smallest absolute Gasteiger partial charge is 0.468 e. The van der Waals surface area contributed by atoms with Crippen LogP contribution < -0.4 is 4.74 Å². The van der Waals surface area contributed by atoms with Gasteiger partial charge < -0.3 is 37.5 Å². The lowest BCUT2D eigenvalue weighted by molar-refractivity contribution is -0.358. The van der Waals surface area contributed by atoms with Gasteiger partial charge in [-0.25, -0.2) is 36.0 Å². The Morgan fingerprint density at radius 3 is 1.18 bits per heavy atom. The van der Waals surface area contributed by atoms with Crippen LogP contribution in [0.2, 0.25) is 0 Å². The number of alkyl halides is 20. The fraction of sp³-hybridized carbons (Fsp3) is 0.444. The molecule has 0 aliphatic rings. The van der Waals surface area contributed by atoms with Crippen LogP contribution in [-0.2, 0) is 69.7 Å². The fourth-order valence-electron chi connectivity index (χ4n) is 4.29. The molecule has 16 nitrogen and oxygen atoms in total. The van der Waals surface area contributed by atoms with Crippen molar-refractivity contribution in [1.29, 1.82) is 0 Å². The Kier molecular flexibility index (Phi) is 20.5. The summed E-state index contributed by atoms with van der Waals surface area (Å²) in [6.45, 7) is -0.206. The van der Waals surface area contributed by atoms with Crippen LogP contribution in [0.1, 0.15) is 24.0 Å². The van der Waals surface area contributed by atoms with Gasteiger partial charge in [-0.1, -0.05) is 61.2 Å². The average Bonchev–Trinajstić information content (AvgIpc) is 3.22.